The van der Waals surface area contributed by atoms with E-state index in [1.165, 1.54) is 23.5 Å². The Morgan fingerprint density at radius 1 is 1.39 bits per heavy atom. The molecule has 0 spiro atoms. The van der Waals surface area contributed by atoms with Crippen LogP contribution in [0.2, 0.25) is 0 Å². The molecule has 0 aliphatic heterocycles. The number of ether oxygens (including phenoxy) is 1. The second kappa shape index (κ2) is 6.05. The lowest BCUT2D eigenvalue weighted by molar-refractivity contribution is 0.206. The Kier molecular flexibility index (Phi) is 4.25. The van der Waals surface area contributed by atoms with Crippen LogP contribution in [0.5, 0.6) is 5.75 Å². The number of nitrogens with one attached hydrogen (secondary N) is 1. The molecule has 0 saturated carbocycles. The van der Waals surface area contributed by atoms with Gasteiger partial charge in [0.2, 0.25) is 0 Å². The molecule has 4 nitrogen and oxygen atoms in total. The van der Waals surface area contributed by atoms with Gasteiger partial charge in [-0.05, 0) is 44.5 Å². The van der Waals surface area contributed by atoms with E-state index in [2.05, 4.69) is 25.9 Å². The van der Waals surface area contributed by atoms with Crippen LogP contribution < -0.4 is 10.3 Å². The van der Waals surface area contributed by atoms with E-state index >= 15 is 0 Å². The number of hydrogen-bond acceptors (Lipinski definition) is 4. The van der Waals surface area contributed by atoms with E-state index in [0.717, 1.165) is 10.4 Å². The largest absolute Gasteiger partial charge is 0.480 e. The van der Waals surface area contributed by atoms with E-state index in [1.54, 1.807) is 13.0 Å². The van der Waals surface area contributed by atoms with E-state index in [1.807, 2.05) is 13.8 Å². The zero-order valence-electron chi connectivity index (χ0n) is 12.7. The summed E-state index contributed by atoms with van der Waals surface area (Å²) in [5.74, 6) is 0.0190. The molecule has 0 saturated heterocycles. The van der Waals surface area contributed by atoms with Gasteiger partial charge >= 0.3 is 0 Å². The van der Waals surface area contributed by atoms with Gasteiger partial charge in [-0.1, -0.05) is 15.9 Å². The van der Waals surface area contributed by atoms with Crippen molar-refractivity contribution in [2.75, 3.05) is 0 Å². The molecule has 1 N–H and O–H groups in total. The van der Waals surface area contributed by atoms with Gasteiger partial charge < -0.3 is 9.72 Å². The molecule has 7 heteroatoms. The van der Waals surface area contributed by atoms with Gasteiger partial charge in [0.05, 0.1) is 5.39 Å². The molecule has 0 amide bonds. The van der Waals surface area contributed by atoms with E-state index in [4.69, 9.17) is 4.74 Å². The summed E-state index contributed by atoms with van der Waals surface area (Å²) in [6, 6.07) is 4.55. The molecule has 0 aliphatic rings. The smallest absolute Gasteiger partial charge is 0.260 e. The maximum atomic E-state index is 13.9. The van der Waals surface area contributed by atoms with Gasteiger partial charge in [0.25, 0.3) is 5.56 Å². The fourth-order valence-electron chi connectivity index (χ4n) is 2.28. The summed E-state index contributed by atoms with van der Waals surface area (Å²) in [5, 5.41) is 0.610. The highest BCUT2D eigenvalue weighted by Gasteiger charge is 2.17. The number of halogens is 2. The summed E-state index contributed by atoms with van der Waals surface area (Å²) >= 11 is 4.67. The second-order valence-electron chi connectivity index (χ2n) is 5.25. The molecular formula is C16H14BrFN2O2S. The predicted octanol–water partition coefficient (Wildman–Crippen LogP) is 4.64. The number of nitrogens with zero attached hydrogens (tertiary/aromatic N) is 1. The molecule has 0 aliphatic carbocycles. The van der Waals surface area contributed by atoms with Crippen LogP contribution in [-0.4, -0.2) is 9.97 Å². The minimum atomic E-state index is -0.578. The maximum Gasteiger partial charge on any atom is 0.260 e. The number of benzene rings is 1. The van der Waals surface area contributed by atoms with Gasteiger partial charge in [-0.25, -0.2) is 9.37 Å². The summed E-state index contributed by atoms with van der Waals surface area (Å²) in [7, 11) is 0. The fourth-order valence-corrected chi connectivity index (χ4v) is 3.65. The minimum absolute atomic E-state index is 0.113. The van der Waals surface area contributed by atoms with Crippen LogP contribution in [0.3, 0.4) is 0 Å². The van der Waals surface area contributed by atoms with Crippen molar-refractivity contribution in [3.8, 4) is 5.75 Å². The first kappa shape index (κ1) is 16.1. The lowest BCUT2D eigenvalue weighted by Crippen LogP contribution is -2.16. The van der Waals surface area contributed by atoms with Crippen molar-refractivity contribution >= 4 is 37.5 Å². The number of aromatic amines is 1. The van der Waals surface area contributed by atoms with Crippen LogP contribution in [-0.2, 0) is 0 Å². The Hall–Kier alpha value is -1.73. The van der Waals surface area contributed by atoms with Crippen LogP contribution in [0.1, 0.15) is 29.3 Å². The number of H-pyrrole nitrogens is 1. The normalized spacial score (nSPS) is 12.6. The molecule has 0 fully saturated rings. The van der Waals surface area contributed by atoms with Gasteiger partial charge in [0.15, 0.2) is 23.5 Å². The van der Waals surface area contributed by atoms with Crippen LogP contribution >= 0.6 is 27.3 Å². The van der Waals surface area contributed by atoms with Crippen LogP contribution in [0.4, 0.5) is 4.39 Å². The molecule has 120 valence electrons. The maximum absolute atomic E-state index is 13.9. The number of aryl methyl sites for hydroxylation is 2. The molecule has 2 aromatic heterocycles. The molecule has 3 rings (SSSR count). The fraction of sp³-hybridized carbons (Fsp3) is 0.250. The molecule has 2 heterocycles. The number of rotatable bonds is 3. The molecule has 0 bridgehead atoms. The number of fused-ring (bicyclic) bond motifs is 1. The first-order chi connectivity index (χ1) is 10.9. The average Bonchev–Trinajstić information content (AvgIpc) is 2.77. The summed E-state index contributed by atoms with van der Waals surface area (Å²) in [5.41, 5.74) is 0.747. The van der Waals surface area contributed by atoms with Crippen molar-refractivity contribution < 1.29 is 9.13 Å². The monoisotopic (exact) mass is 396 g/mol. The number of aromatic nitrogens is 2. The van der Waals surface area contributed by atoms with Crippen molar-refractivity contribution in [1.82, 2.24) is 9.97 Å². The number of thiophene rings is 1. The second-order valence-corrected chi connectivity index (χ2v) is 7.37. The van der Waals surface area contributed by atoms with E-state index in [9.17, 15) is 9.18 Å². The number of hydrogen-bond donors (Lipinski definition) is 1. The van der Waals surface area contributed by atoms with Gasteiger partial charge in [-0.2, -0.15) is 0 Å². The van der Waals surface area contributed by atoms with Crippen molar-refractivity contribution in [2.24, 2.45) is 0 Å². The highest BCUT2D eigenvalue weighted by Crippen LogP contribution is 2.28. The van der Waals surface area contributed by atoms with E-state index in [0.29, 0.717) is 20.5 Å². The highest BCUT2D eigenvalue weighted by atomic mass is 79.9. The Balaban J connectivity index is 1.98. The summed E-state index contributed by atoms with van der Waals surface area (Å²) < 4.78 is 20.1. The Morgan fingerprint density at radius 2 is 2.13 bits per heavy atom. The molecule has 0 unspecified atom stereocenters. The van der Waals surface area contributed by atoms with E-state index in [-0.39, 0.29) is 11.3 Å². The third kappa shape index (κ3) is 3.03. The minimum Gasteiger partial charge on any atom is -0.480 e. The van der Waals surface area contributed by atoms with Crippen molar-refractivity contribution in [1.29, 1.82) is 0 Å². The first-order valence-corrected chi connectivity index (χ1v) is 8.59. The predicted molar refractivity (Wildman–Crippen MR) is 92.9 cm³/mol. The van der Waals surface area contributed by atoms with Crippen molar-refractivity contribution in [3.05, 3.63) is 55.1 Å². The molecular weight excluding hydrogens is 383 g/mol. The highest BCUT2D eigenvalue weighted by molar-refractivity contribution is 9.10. The Labute approximate surface area is 144 Å². The van der Waals surface area contributed by atoms with Gasteiger partial charge in [-0.3, -0.25) is 4.79 Å². The van der Waals surface area contributed by atoms with Crippen molar-refractivity contribution in [3.63, 3.8) is 0 Å². The van der Waals surface area contributed by atoms with E-state index < -0.39 is 11.9 Å². The third-order valence-electron chi connectivity index (χ3n) is 3.64. The molecule has 1 aromatic carbocycles. The first-order valence-electron chi connectivity index (χ1n) is 6.98. The summed E-state index contributed by atoms with van der Waals surface area (Å²) in [6.07, 6.45) is -0.578. The quantitative estimate of drug-likeness (QED) is 0.701. The lowest BCUT2D eigenvalue weighted by atomic mass is 10.2. The van der Waals surface area contributed by atoms with Gasteiger partial charge in [0.1, 0.15) is 4.83 Å². The van der Waals surface area contributed by atoms with Crippen LogP contribution in [0.15, 0.2) is 27.5 Å². The molecule has 23 heavy (non-hydrogen) atoms. The summed E-state index contributed by atoms with van der Waals surface area (Å²) in [6.45, 7) is 5.58. The van der Waals surface area contributed by atoms with Gasteiger partial charge in [0, 0.05) is 9.35 Å². The Bertz CT molecular complexity index is 951. The van der Waals surface area contributed by atoms with Crippen LogP contribution in [0.25, 0.3) is 10.2 Å². The van der Waals surface area contributed by atoms with Crippen LogP contribution in [0, 0.1) is 19.7 Å². The topological polar surface area (TPSA) is 55.0 Å². The molecule has 0 radical (unpaired) electrons. The zero-order chi connectivity index (χ0) is 16.7. The molecule has 3 aromatic rings. The Morgan fingerprint density at radius 3 is 2.83 bits per heavy atom. The van der Waals surface area contributed by atoms with Crippen molar-refractivity contribution in [2.45, 2.75) is 26.9 Å². The zero-order valence-corrected chi connectivity index (χ0v) is 15.1. The standard InChI is InChI=1S/C16H14BrFN2O2S/c1-7-9(3)23-16-13(7)15(21)19-14(20-16)8(2)22-12-5-4-10(17)6-11(12)18/h4-6,8H,1-3H3,(H,19,20,21)/t8-/m1/s1. The average molecular weight is 397 g/mol. The third-order valence-corrected chi connectivity index (χ3v) is 5.23. The van der Waals surface area contributed by atoms with Gasteiger partial charge in [-0.15, -0.1) is 11.3 Å². The lowest BCUT2D eigenvalue weighted by Gasteiger charge is -2.14. The SMILES string of the molecule is Cc1sc2nc([C@@H](C)Oc3ccc(Br)cc3F)[nH]c(=O)c2c1C. The molecule has 1 atom stereocenters. The summed E-state index contributed by atoms with van der Waals surface area (Å²) in [4.78, 5) is 21.2.